The first kappa shape index (κ1) is 14.3. The fourth-order valence-corrected chi connectivity index (χ4v) is 2.54. The van der Waals surface area contributed by atoms with Gasteiger partial charge in [-0.15, -0.1) is 0 Å². The van der Waals surface area contributed by atoms with Crippen molar-refractivity contribution in [3.05, 3.63) is 11.9 Å². The van der Waals surface area contributed by atoms with Gasteiger partial charge in [-0.3, -0.25) is 4.68 Å². The van der Waals surface area contributed by atoms with E-state index in [0.717, 1.165) is 38.2 Å². The lowest BCUT2D eigenvalue weighted by Crippen LogP contribution is -2.45. The lowest BCUT2D eigenvalue weighted by molar-refractivity contribution is 0.00162. The fraction of sp³-hybridized carbons (Fsp3) is 0.769. The predicted molar refractivity (Wildman–Crippen MR) is 73.3 cm³/mol. The van der Waals surface area contributed by atoms with Gasteiger partial charge in [-0.25, -0.2) is 0 Å². The van der Waals surface area contributed by atoms with Crippen LogP contribution in [0, 0.1) is 0 Å². The number of β-amino-alcohol motifs (C(OH)–C–C–N with tert-alkyl or cyclic N) is 1. The third-order valence-electron chi connectivity index (χ3n) is 3.59. The quantitative estimate of drug-likeness (QED) is 0.788. The molecule has 1 aliphatic rings. The third kappa shape index (κ3) is 3.08. The van der Waals surface area contributed by atoms with E-state index in [-0.39, 0.29) is 0 Å². The molecule has 0 aliphatic carbocycles. The summed E-state index contributed by atoms with van der Waals surface area (Å²) in [6.07, 6.45) is 3.39. The van der Waals surface area contributed by atoms with Crippen molar-refractivity contribution in [3.8, 4) is 5.75 Å². The molecule has 1 unspecified atom stereocenters. The summed E-state index contributed by atoms with van der Waals surface area (Å²) >= 11 is 0. The van der Waals surface area contributed by atoms with E-state index in [4.69, 9.17) is 4.74 Å². The number of hydrogen-bond donors (Lipinski definition) is 2. The van der Waals surface area contributed by atoms with Crippen LogP contribution in [0.5, 0.6) is 5.75 Å². The zero-order valence-electron chi connectivity index (χ0n) is 12.0. The molecule has 0 saturated carbocycles. The Kier molecular flexibility index (Phi) is 4.44. The first-order valence-electron chi connectivity index (χ1n) is 6.75. The number of hydrogen-bond acceptors (Lipinski definition) is 5. The molecule has 19 heavy (non-hydrogen) atoms. The summed E-state index contributed by atoms with van der Waals surface area (Å²) < 4.78 is 7.23. The molecule has 0 aromatic carbocycles. The molecule has 2 rings (SSSR count). The highest BCUT2D eigenvalue weighted by Crippen LogP contribution is 2.34. The number of methoxy groups -OCH3 is 1. The lowest BCUT2D eigenvalue weighted by Gasteiger charge is -2.33. The lowest BCUT2D eigenvalue weighted by atomic mass is 9.90. The van der Waals surface area contributed by atoms with E-state index in [1.807, 2.05) is 18.8 Å². The Hall–Kier alpha value is -1.11. The normalized spacial score (nSPS) is 23.8. The minimum atomic E-state index is -0.883. The van der Waals surface area contributed by atoms with Crippen LogP contribution in [0.25, 0.3) is 0 Å². The molecule has 0 bridgehead atoms. The Bertz CT molecular complexity index is 411. The van der Waals surface area contributed by atoms with Crippen molar-refractivity contribution in [1.29, 1.82) is 0 Å². The zero-order chi connectivity index (χ0) is 13.9. The second-order valence-electron chi connectivity index (χ2n) is 5.40. The van der Waals surface area contributed by atoms with Crippen molar-refractivity contribution in [2.24, 2.45) is 0 Å². The van der Waals surface area contributed by atoms with Crippen LogP contribution in [-0.4, -0.2) is 60.6 Å². The summed E-state index contributed by atoms with van der Waals surface area (Å²) in [4.78, 5) is 2.10. The molecule has 1 fully saturated rings. The van der Waals surface area contributed by atoms with Gasteiger partial charge >= 0.3 is 0 Å². The minimum absolute atomic E-state index is 0.553. The predicted octanol–water partition coefficient (Wildman–Crippen LogP) is 0.0243. The molecular formula is C13H24N4O2. The number of ether oxygens (including phenoxy) is 1. The summed E-state index contributed by atoms with van der Waals surface area (Å²) in [7, 11) is 5.67. The Morgan fingerprint density at radius 1 is 1.58 bits per heavy atom. The summed E-state index contributed by atoms with van der Waals surface area (Å²) in [5.74, 6) is 0.671. The molecule has 108 valence electrons. The summed E-state index contributed by atoms with van der Waals surface area (Å²) in [6, 6.07) is 0. The van der Waals surface area contributed by atoms with Crippen LogP contribution < -0.4 is 10.1 Å². The Morgan fingerprint density at radius 3 is 2.95 bits per heavy atom. The molecule has 6 heteroatoms. The van der Waals surface area contributed by atoms with E-state index in [0.29, 0.717) is 12.3 Å². The van der Waals surface area contributed by atoms with Crippen molar-refractivity contribution in [3.63, 3.8) is 0 Å². The molecule has 1 atom stereocenters. The standard InChI is InChI=1S/C13H24N4O2/c1-16(2)7-8-17-12(11(19-3)9-15-17)13(18)5-4-6-14-10-13/h9,14,18H,4-8,10H2,1-3H3. The van der Waals surface area contributed by atoms with Crippen LogP contribution in [0.15, 0.2) is 6.20 Å². The number of rotatable bonds is 5. The van der Waals surface area contributed by atoms with E-state index in [9.17, 15) is 5.11 Å². The summed E-state index contributed by atoms with van der Waals surface area (Å²) in [5.41, 5.74) is -0.0871. The summed E-state index contributed by atoms with van der Waals surface area (Å²) in [6.45, 7) is 3.13. The zero-order valence-corrected chi connectivity index (χ0v) is 12.0. The Labute approximate surface area is 114 Å². The average Bonchev–Trinajstić information content (AvgIpc) is 2.81. The van der Waals surface area contributed by atoms with Gasteiger partial charge < -0.3 is 20.1 Å². The maximum Gasteiger partial charge on any atom is 0.162 e. The maximum absolute atomic E-state index is 10.9. The van der Waals surface area contributed by atoms with Gasteiger partial charge in [0.25, 0.3) is 0 Å². The van der Waals surface area contributed by atoms with Gasteiger partial charge in [0.1, 0.15) is 11.3 Å². The smallest absolute Gasteiger partial charge is 0.162 e. The number of likely N-dealkylation sites (N-methyl/N-ethyl adjacent to an activating group) is 1. The van der Waals surface area contributed by atoms with Gasteiger partial charge in [0.05, 0.1) is 19.9 Å². The van der Waals surface area contributed by atoms with Gasteiger partial charge in [0.15, 0.2) is 5.75 Å². The van der Waals surface area contributed by atoms with Crippen molar-refractivity contribution in [2.45, 2.75) is 25.0 Å². The first-order valence-corrected chi connectivity index (χ1v) is 6.75. The molecule has 1 saturated heterocycles. The topological polar surface area (TPSA) is 62.5 Å². The molecule has 1 aliphatic heterocycles. The molecule has 6 nitrogen and oxygen atoms in total. The maximum atomic E-state index is 10.9. The summed E-state index contributed by atoms with van der Waals surface area (Å²) in [5, 5.41) is 18.5. The van der Waals surface area contributed by atoms with Crippen LogP contribution >= 0.6 is 0 Å². The van der Waals surface area contributed by atoms with E-state index < -0.39 is 5.60 Å². The average molecular weight is 268 g/mol. The molecule has 1 aromatic heterocycles. The van der Waals surface area contributed by atoms with Crippen LogP contribution in [0.2, 0.25) is 0 Å². The SMILES string of the molecule is COc1cnn(CCN(C)C)c1C1(O)CCCNC1. The van der Waals surface area contributed by atoms with Crippen LogP contribution in [0.4, 0.5) is 0 Å². The monoisotopic (exact) mass is 268 g/mol. The first-order chi connectivity index (χ1) is 9.07. The highest BCUT2D eigenvalue weighted by molar-refractivity contribution is 5.31. The van der Waals surface area contributed by atoms with Crippen molar-refractivity contribution < 1.29 is 9.84 Å². The van der Waals surface area contributed by atoms with Crippen LogP contribution in [0.1, 0.15) is 18.5 Å². The van der Waals surface area contributed by atoms with Crippen molar-refractivity contribution in [2.75, 3.05) is 40.8 Å². The van der Waals surface area contributed by atoms with Crippen LogP contribution in [0.3, 0.4) is 0 Å². The number of nitrogens with one attached hydrogen (secondary N) is 1. The molecule has 0 spiro atoms. The second-order valence-corrected chi connectivity index (χ2v) is 5.40. The van der Waals surface area contributed by atoms with Crippen LogP contribution in [-0.2, 0) is 12.1 Å². The van der Waals surface area contributed by atoms with Crippen molar-refractivity contribution in [1.82, 2.24) is 20.0 Å². The molecule has 2 N–H and O–H groups in total. The Morgan fingerprint density at radius 2 is 2.37 bits per heavy atom. The van der Waals surface area contributed by atoms with Gasteiger partial charge in [0, 0.05) is 13.1 Å². The fourth-order valence-electron chi connectivity index (χ4n) is 2.54. The van der Waals surface area contributed by atoms with E-state index >= 15 is 0 Å². The number of aromatic nitrogens is 2. The molecule has 1 aromatic rings. The highest BCUT2D eigenvalue weighted by Gasteiger charge is 2.37. The minimum Gasteiger partial charge on any atom is -0.493 e. The van der Waals surface area contributed by atoms with Gasteiger partial charge in [-0.2, -0.15) is 5.10 Å². The van der Waals surface area contributed by atoms with Gasteiger partial charge in [-0.05, 0) is 33.5 Å². The number of nitrogens with zero attached hydrogens (tertiary/aromatic N) is 3. The second kappa shape index (κ2) is 5.90. The molecule has 2 heterocycles. The Balaban J connectivity index is 2.27. The largest absolute Gasteiger partial charge is 0.493 e. The highest BCUT2D eigenvalue weighted by atomic mass is 16.5. The van der Waals surface area contributed by atoms with Gasteiger partial charge in [-0.1, -0.05) is 0 Å². The van der Waals surface area contributed by atoms with Gasteiger partial charge in [0.2, 0.25) is 0 Å². The molecule has 0 amide bonds. The third-order valence-corrected chi connectivity index (χ3v) is 3.59. The molecule has 0 radical (unpaired) electrons. The van der Waals surface area contributed by atoms with E-state index in [2.05, 4.69) is 15.3 Å². The van der Waals surface area contributed by atoms with E-state index in [1.165, 1.54) is 0 Å². The van der Waals surface area contributed by atoms with Crippen molar-refractivity contribution >= 4 is 0 Å². The number of piperidine rings is 1. The van der Waals surface area contributed by atoms with E-state index in [1.54, 1.807) is 13.3 Å². The number of aliphatic hydroxyl groups is 1. The molecular weight excluding hydrogens is 244 g/mol.